The van der Waals surface area contributed by atoms with Crippen molar-refractivity contribution in [1.29, 1.82) is 0 Å². The molecule has 1 aromatic carbocycles. The summed E-state index contributed by atoms with van der Waals surface area (Å²) >= 11 is 0. The van der Waals surface area contributed by atoms with Gasteiger partial charge in [-0.15, -0.1) is 0 Å². The van der Waals surface area contributed by atoms with Gasteiger partial charge in [-0.25, -0.2) is 24.9 Å². The van der Waals surface area contributed by atoms with Crippen LogP contribution in [0.1, 0.15) is 61.3 Å². The summed E-state index contributed by atoms with van der Waals surface area (Å²) in [7, 11) is 3.12. The molecule has 0 atom stereocenters. The van der Waals surface area contributed by atoms with Crippen molar-refractivity contribution < 1.29 is 17.9 Å². The Morgan fingerprint density at radius 3 is 2.42 bits per heavy atom. The highest BCUT2D eigenvalue weighted by Gasteiger charge is 2.35. The molecule has 0 amide bonds. The van der Waals surface area contributed by atoms with Crippen LogP contribution in [0.15, 0.2) is 43.0 Å². The molecule has 12 heteroatoms. The van der Waals surface area contributed by atoms with Gasteiger partial charge in [0.05, 0.1) is 24.7 Å². The summed E-state index contributed by atoms with van der Waals surface area (Å²) < 4.78 is 48.3. The second-order valence-corrected chi connectivity index (χ2v) is 10.3. The van der Waals surface area contributed by atoms with Gasteiger partial charge in [-0.05, 0) is 32.3 Å². The van der Waals surface area contributed by atoms with Crippen molar-refractivity contribution in [3.63, 3.8) is 0 Å². The Bertz CT molecular complexity index is 1700. The van der Waals surface area contributed by atoms with Crippen molar-refractivity contribution in [3.8, 4) is 28.7 Å². The Hall–Kier alpha value is -4.35. The number of nitrogens with zero attached hydrogens (tertiary/aromatic N) is 8. The van der Waals surface area contributed by atoms with E-state index in [0.29, 0.717) is 46.2 Å². The van der Waals surface area contributed by atoms with Crippen molar-refractivity contribution in [1.82, 2.24) is 39.3 Å². The Labute approximate surface area is 228 Å². The SMILES string of the molecule is COc1ncnc(C2CC2)c1-c1ncc2nn(C(C)C)c(Cc3ccc(-c4nc(C(F)(F)F)cn4C)cc3)c2n1. The molecule has 1 fully saturated rings. The standard InChI is InChI=1S/C28H27F3N8O/c1-15(2)39-20(11-16-5-7-18(8-6-16)26-35-21(13-38(26)3)28(29,30)31)24-19(37-39)12-32-25(36-24)22-23(17-9-10-17)33-14-34-27(22)40-4/h5-8,12-15,17H,9-11H2,1-4H3. The van der Waals surface area contributed by atoms with Crippen LogP contribution in [0, 0.1) is 0 Å². The van der Waals surface area contributed by atoms with E-state index in [1.54, 1.807) is 32.5 Å². The van der Waals surface area contributed by atoms with Crippen molar-refractivity contribution in [2.24, 2.45) is 7.05 Å². The van der Waals surface area contributed by atoms with Gasteiger partial charge in [-0.3, -0.25) is 4.68 Å². The number of rotatable bonds is 7. The molecule has 1 aliphatic carbocycles. The van der Waals surface area contributed by atoms with E-state index < -0.39 is 11.9 Å². The predicted molar refractivity (Wildman–Crippen MR) is 142 cm³/mol. The molecule has 0 saturated heterocycles. The van der Waals surface area contributed by atoms with Crippen molar-refractivity contribution >= 4 is 11.0 Å². The average Bonchev–Trinajstić information content (AvgIpc) is 3.61. The largest absolute Gasteiger partial charge is 0.480 e. The van der Waals surface area contributed by atoms with E-state index in [2.05, 4.69) is 19.9 Å². The van der Waals surface area contributed by atoms with E-state index in [4.69, 9.17) is 14.8 Å². The van der Waals surface area contributed by atoms with E-state index in [1.165, 1.54) is 10.9 Å². The second kappa shape index (κ2) is 9.68. The number of fused-ring (bicyclic) bond motifs is 1. The molecule has 0 aliphatic heterocycles. The predicted octanol–water partition coefficient (Wildman–Crippen LogP) is 5.76. The highest BCUT2D eigenvalue weighted by atomic mass is 19.4. The molecule has 0 bridgehead atoms. The number of hydrogen-bond acceptors (Lipinski definition) is 7. The fraction of sp³-hybridized carbons (Fsp3) is 0.357. The molecular weight excluding hydrogens is 521 g/mol. The number of imidazole rings is 1. The zero-order valence-electron chi connectivity index (χ0n) is 22.4. The summed E-state index contributed by atoms with van der Waals surface area (Å²) in [5.41, 5.74) is 4.52. The number of hydrogen-bond donors (Lipinski definition) is 0. The molecule has 1 aliphatic rings. The topological polar surface area (TPSA) is 96.4 Å². The van der Waals surface area contributed by atoms with Gasteiger partial charge >= 0.3 is 6.18 Å². The Morgan fingerprint density at radius 2 is 1.80 bits per heavy atom. The molecular formula is C28H27F3N8O. The lowest BCUT2D eigenvalue weighted by atomic mass is 10.1. The first-order valence-corrected chi connectivity index (χ1v) is 13.0. The Kier molecular flexibility index (Phi) is 6.27. The smallest absolute Gasteiger partial charge is 0.434 e. The molecule has 40 heavy (non-hydrogen) atoms. The van der Waals surface area contributed by atoms with Gasteiger partial charge in [-0.2, -0.15) is 18.3 Å². The molecule has 6 rings (SSSR count). The van der Waals surface area contributed by atoms with Crippen LogP contribution in [-0.2, 0) is 19.6 Å². The number of halogens is 3. The number of ether oxygens (including phenoxy) is 1. The number of aromatic nitrogens is 8. The van der Waals surface area contributed by atoms with Gasteiger partial charge in [0.15, 0.2) is 11.5 Å². The lowest BCUT2D eigenvalue weighted by Crippen LogP contribution is -2.08. The zero-order valence-corrected chi connectivity index (χ0v) is 22.4. The molecule has 4 heterocycles. The van der Waals surface area contributed by atoms with Gasteiger partial charge in [0.25, 0.3) is 0 Å². The van der Waals surface area contributed by atoms with Crippen molar-refractivity contribution in [3.05, 3.63) is 65.6 Å². The van der Waals surface area contributed by atoms with Crippen LogP contribution in [0.5, 0.6) is 5.88 Å². The number of alkyl halides is 3. The highest BCUT2D eigenvalue weighted by molar-refractivity contribution is 5.80. The van der Waals surface area contributed by atoms with Crippen LogP contribution in [0.3, 0.4) is 0 Å². The lowest BCUT2D eigenvalue weighted by molar-refractivity contribution is -0.140. The van der Waals surface area contributed by atoms with E-state index in [9.17, 15) is 13.2 Å². The quantitative estimate of drug-likeness (QED) is 0.255. The van der Waals surface area contributed by atoms with Crippen LogP contribution < -0.4 is 4.74 Å². The molecule has 5 aromatic rings. The average molecular weight is 549 g/mol. The maximum absolute atomic E-state index is 13.1. The molecule has 0 N–H and O–H groups in total. The van der Waals surface area contributed by atoms with Crippen LogP contribution >= 0.6 is 0 Å². The minimum absolute atomic E-state index is 0.0666. The molecule has 0 unspecified atom stereocenters. The Balaban J connectivity index is 1.39. The van der Waals surface area contributed by atoms with E-state index in [0.717, 1.165) is 36.0 Å². The van der Waals surface area contributed by atoms with Crippen LogP contribution in [0.2, 0.25) is 0 Å². The molecule has 206 valence electrons. The van der Waals surface area contributed by atoms with Crippen molar-refractivity contribution in [2.45, 2.75) is 51.2 Å². The number of aryl methyl sites for hydroxylation is 1. The van der Waals surface area contributed by atoms with Gasteiger partial charge < -0.3 is 9.30 Å². The van der Waals surface area contributed by atoms with Gasteiger partial charge in [-0.1, -0.05) is 24.3 Å². The van der Waals surface area contributed by atoms with Crippen molar-refractivity contribution in [2.75, 3.05) is 7.11 Å². The number of benzene rings is 1. The third kappa shape index (κ3) is 4.67. The molecule has 4 aromatic heterocycles. The molecule has 0 radical (unpaired) electrons. The van der Waals surface area contributed by atoms with E-state index in [1.807, 2.05) is 30.7 Å². The first-order valence-electron chi connectivity index (χ1n) is 13.0. The van der Waals surface area contributed by atoms with Gasteiger partial charge in [0.2, 0.25) is 5.88 Å². The minimum atomic E-state index is -4.50. The van der Waals surface area contributed by atoms with Crippen LogP contribution in [-0.4, -0.2) is 46.4 Å². The van der Waals surface area contributed by atoms with Crippen LogP contribution in [0.4, 0.5) is 13.2 Å². The normalized spacial score (nSPS) is 13.9. The van der Waals surface area contributed by atoms with E-state index >= 15 is 0 Å². The minimum Gasteiger partial charge on any atom is -0.480 e. The summed E-state index contributed by atoms with van der Waals surface area (Å²) in [5, 5.41) is 4.77. The van der Waals surface area contributed by atoms with Crippen LogP contribution in [0.25, 0.3) is 33.8 Å². The lowest BCUT2D eigenvalue weighted by Gasteiger charge is -2.12. The van der Waals surface area contributed by atoms with Gasteiger partial charge in [0.1, 0.15) is 28.7 Å². The fourth-order valence-electron chi connectivity index (χ4n) is 4.91. The summed E-state index contributed by atoms with van der Waals surface area (Å²) in [6.07, 6.45) is 2.34. The first-order chi connectivity index (χ1) is 19.1. The highest BCUT2D eigenvalue weighted by Crippen LogP contribution is 2.45. The summed E-state index contributed by atoms with van der Waals surface area (Å²) in [4.78, 5) is 22.2. The first kappa shape index (κ1) is 25.9. The maximum Gasteiger partial charge on any atom is 0.434 e. The third-order valence-electron chi connectivity index (χ3n) is 7.00. The van der Waals surface area contributed by atoms with Gasteiger partial charge in [0, 0.05) is 37.2 Å². The Morgan fingerprint density at radius 1 is 1.05 bits per heavy atom. The summed E-state index contributed by atoms with van der Waals surface area (Å²) in [5.74, 6) is 1.52. The monoisotopic (exact) mass is 548 g/mol. The number of methoxy groups -OCH3 is 1. The molecule has 9 nitrogen and oxygen atoms in total. The fourth-order valence-corrected chi connectivity index (χ4v) is 4.91. The third-order valence-corrected chi connectivity index (χ3v) is 7.00. The summed E-state index contributed by atoms with van der Waals surface area (Å²) in [6, 6.07) is 7.41. The second-order valence-electron chi connectivity index (χ2n) is 10.3. The molecule has 0 spiro atoms. The van der Waals surface area contributed by atoms with E-state index in [-0.39, 0.29) is 11.9 Å². The summed E-state index contributed by atoms with van der Waals surface area (Å²) in [6.45, 7) is 4.09. The molecule has 1 saturated carbocycles. The zero-order chi connectivity index (χ0) is 28.2. The maximum atomic E-state index is 13.1.